The predicted octanol–water partition coefficient (Wildman–Crippen LogP) is 6.06. The van der Waals surface area contributed by atoms with Crippen LogP contribution in [-0.4, -0.2) is 49.5 Å². The smallest absolute Gasteiger partial charge is 0.416 e. The number of aryl methyl sites for hydroxylation is 1. The molecule has 1 saturated heterocycles. The average molecular weight is 541 g/mol. The molecule has 0 unspecified atom stereocenters. The number of nitrogens with zero attached hydrogens (tertiary/aromatic N) is 5. The zero-order valence-electron chi connectivity index (χ0n) is 20.5. The van der Waals surface area contributed by atoms with E-state index in [0.29, 0.717) is 36.4 Å². The Balaban J connectivity index is 1.74. The van der Waals surface area contributed by atoms with Gasteiger partial charge in [0.15, 0.2) is 0 Å². The van der Waals surface area contributed by atoms with Crippen molar-refractivity contribution in [1.82, 2.24) is 19.7 Å². The van der Waals surface area contributed by atoms with Crippen molar-refractivity contribution in [2.45, 2.75) is 50.7 Å². The van der Waals surface area contributed by atoms with E-state index in [2.05, 4.69) is 10.1 Å². The van der Waals surface area contributed by atoms with E-state index < -0.39 is 35.6 Å². The number of hydrogen-bond donors (Lipinski definition) is 1. The first-order valence-corrected chi connectivity index (χ1v) is 11.8. The van der Waals surface area contributed by atoms with Gasteiger partial charge in [0.05, 0.1) is 23.4 Å². The fourth-order valence-electron chi connectivity index (χ4n) is 4.74. The number of likely N-dealkylation sites (tertiary alicyclic amines) is 1. The lowest BCUT2D eigenvalue weighted by Gasteiger charge is -2.30. The molecule has 2 atom stereocenters. The maximum absolute atomic E-state index is 13.5. The second-order valence-electron chi connectivity index (χ2n) is 9.24. The van der Waals surface area contributed by atoms with Gasteiger partial charge in [-0.25, -0.2) is 9.78 Å². The Labute approximate surface area is 214 Å². The number of amides is 1. The van der Waals surface area contributed by atoms with Crippen LogP contribution in [0.1, 0.15) is 36.5 Å². The third-order valence-corrected chi connectivity index (χ3v) is 6.63. The summed E-state index contributed by atoms with van der Waals surface area (Å²) in [7, 11) is 1.75. The van der Waals surface area contributed by atoms with E-state index in [1.807, 2.05) is 6.92 Å². The molecule has 4 rings (SSSR count). The van der Waals surface area contributed by atoms with Crippen LogP contribution in [0.5, 0.6) is 0 Å². The quantitative estimate of drug-likeness (QED) is 0.384. The number of hydrogen-bond acceptors (Lipinski definition) is 4. The van der Waals surface area contributed by atoms with Gasteiger partial charge in [0.1, 0.15) is 5.82 Å². The zero-order chi connectivity index (χ0) is 27.8. The summed E-state index contributed by atoms with van der Waals surface area (Å²) in [5.74, 6) is 0.302. The summed E-state index contributed by atoms with van der Waals surface area (Å²) in [5.41, 5.74) is -1.55. The van der Waals surface area contributed by atoms with Gasteiger partial charge in [-0.3, -0.25) is 4.68 Å². The Hall–Kier alpha value is -3.77. The van der Waals surface area contributed by atoms with E-state index in [1.165, 1.54) is 11.1 Å². The molecule has 0 bridgehead atoms. The first-order chi connectivity index (χ1) is 17.8. The van der Waals surface area contributed by atoms with Gasteiger partial charge in [0.2, 0.25) is 0 Å². The first kappa shape index (κ1) is 27.3. The molecule has 1 aliphatic heterocycles. The van der Waals surface area contributed by atoms with Crippen LogP contribution in [0.2, 0.25) is 0 Å². The molecule has 38 heavy (non-hydrogen) atoms. The number of halogens is 6. The van der Waals surface area contributed by atoms with Crippen molar-refractivity contribution in [3.63, 3.8) is 0 Å². The van der Waals surface area contributed by atoms with Crippen molar-refractivity contribution >= 4 is 11.9 Å². The maximum atomic E-state index is 13.5. The lowest BCUT2D eigenvalue weighted by atomic mass is 10.0. The van der Waals surface area contributed by atoms with Crippen molar-refractivity contribution in [2.75, 3.05) is 11.4 Å². The minimum absolute atomic E-state index is 0.0327. The van der Waals surface area contributed by atoms with Crippen LogP contribution < -0.4 is 4.90 Å². The molecule has 0 radical (unpaired) electrons. The number of carboxylic acid groups (broad SMARTS) is 1. The summed E-state index contributed by atoms with van der Waals surface area (Å²) in [6.45, 7) is 1.52. The number of rotatable bonds is 6. The average Bonchev–Trinajstić information content (AvgIpc) is 3.48. The summed E-state index contributed by atoms with van der Waals surface area (Å²) >= 11 is 0. The molecule has 2 aromatic heterocycles. The summed E-state index contributed by atoms with van der Waals surface area (Å²) in [4.78, 5) is 19.1. The van der Waals surface area contributed by atoms with Gasteiger partial charge in [-0.1, -0.05) is 6.92 Å². The molecule has 7 nitrogen and oxygen atoms in total. The number of pyridine rings is 1. The van der Waals surface area contributed by atoms with Crippen molar-refractivity contribution in [3.8, 4) is 11.1 Å². The highest BCUT2D eigenvalue weighted by Gasteiger charge is 2.40. The van der Waals surface area contributed by atoms with Crippen LogP contribution in [0.4, 0.5) is 37.0 Å². The summed E-state index contributed by atoms with van der Waals surface area (Å²) < 4.78 is 82.4. The third kappa shape index (κ3) is 5.86. The number of anilines is 1. The fraction of sp³-hybridized carbons (Fsp3) is 0.400. The Kier molecular flexibility index (Phi) is 7.31. The molecular formula is C25H25F6N5O2. The molecule has 1 aromatic carbocycles. The molecular weight excluding hydrogens is 516 g/mol. The highest BCUT2D eigenvalue weighted by atomic mass is 19.4. The molecule has 0 saturated carbocycles. The monoisotopic (exact) mass is 541 g/mol. The second kappa shape index (κ2) is 10.2. The van der Waals surface area contributed by atoms with Gasteiger partial charge >= 0.3 is 18.4 Å². The van der Waals surface area contributed by atoms with Gasteiger partial charge in [-0.05, 0) is 48.7 Å². The predicted molar refractivity (Wildman–Crippen MR) is 126 cm³/mol. The Morgan fingerprint density at radius 2 is 1.71 bits per heavy atom. The van der Waals surface area contributed by atoms with E-state index in [-0.39, 0.29) is 30.8 Å². The number of benzene rings is 1. The lowest BCUT2D eigenvalue weighted by Crippen LogP contribution is -2.39. The second-order valence-corrected chi connectivity index (χ2v) is 9.24. The molecule has 3 heterocycles. The van der Waals surface area contributed by atoms with Gasteiger partial charge < -0.3 is 14.9 Å². The van der Waals surface area contributed by atoms with Crippen molar-refractivity contribution in [2.24, 2.45) is 7.05 Å². The van der Waals surface area contributed by atoms with Gasteiger partial charge in [-0.15, -0.1) is 0 Å². The van der Waals surface area contributed by atoms with Gasteiger partial charge in [-0.2, -0.15) is 31.4 Å². The third-order valence-electron chi connectivity index (χ3n) is 6.63. The largest absolute Gasteiger partial charge is 0.465 e. The van der Waals surface area contributed by atoms with E-state index >= 15 is 0 Å². The minimum atomic E-state index is -4.98. The Morgan fingerprint density at radius 1 is 1.05 bits per heavy atom. The summed E-state index contributed by atoms with van der Waals surface area (Å²) in [6.07, 6.45) is -5.32. The van der Waals surface area contributed by atoms with Crippen LogP contribution in [-0.2, 0) is 25.9 Å². The highest BCUT2D eigenvalue weighted by molar-refractivity contribution is 5.66. The van der Waals surface area contributed by atoms with E-state index in [4.69, 9.17) is 0 Å². The van der Waals surface area contributed by atoms with Gasteiger partial charge in [0, 0.05) is 49.7 Å². The van der Waals surface area contributed by atoms with Crippen LogP contribution >= 0.6 is 0 Å². The molecule has 0 spiro atoms. The van der Waals surface area contributed by atoms with E-state index in [1.54, 1.807) is 41.2 Å². The number of aromatic nitrogens is 3. The maximum Gasteiger partial charge on any atom is 0.416 e. The Morgan fingerprint density at radius 3 is 2.16 bits per heavy atom. The molecule has 1 aliphatic rings. The molecule has 3 aromatic rings. The molecule has 1 fully saturated rings. The van der Waals surface area contributed by atoms with E-state index in [9.17, 15) is 36.2 Å². The number of alkyl halides is 6. The van der Waals surface area contributed by atoms with Crippen molar-refractivity contribution in [3.05, 3.63) is 65.6 Å². The topological polar surface area (TPSA) is 74.5 Å². The van der Waals surface area contributed by atoms with Gasteiger partial charge in [0.25, 0.3) is 0 Å². The summed E-state index contributed by atoms with van der Waals surface area (Å²) in [6, 6.07) is 3.94. The first-order valence-electron chi connectivity index (χ1n) is 11.8. The van der Waals surface area contributed by atoms with Crippen molar-refractivity contribution < 1.29 is 36.2 Å². The lowest BCUT2D eigenvalue weighted by molar-refractivity contribution is -0.143. The van der Waals surface area contributed by atoms with Crippen LogP contribution in [0, 0.1) is 0 Å². The molecule has 1 N–H and O–H groups in total. The van der Waals surface area contributed by atoms with Crippen LogP contribution in [0.15, 0.2) is 48.9 Å². The molecule has 13 heteroatoms. The molecule has 204 valence electrons. The standard InChI is InChI=1S/C25H25F6N5O2/c1-3-20-9-21(14-36(20)23(37)38)35(22-5-4-16(10-32-22)17-11-33-34(2)13-17)12-15-6-18(24(26,27)28)8-19(7-15)25(29,30)31/h4-8,10-11,13,20-21H,3,9,12,14H2,1-2H3,(H,37,38)/t20-,21+/m1/s1. The Bertz CT molecular complexity index is 1260. The highest BCUT2D eigenvalue weighted by Crippen LogP contribution is 2.37. The van der Waals surface area contributed by atoms with Crippen LogP contribution in [0.25, 0.3) is 11.1 Å². The van der Waals surface area contributed by atoms with Crippen molar-refractivity contribution in [1.29, 1.82) is 0 Å². The zero-order valence-corrected chi connectivity index (χ0v) is 20.5. The number of carbonyl (C=O) groups is 1. The molecule has 0 aliphatic carbocycles. The molecule has 1 amide bonds. The SMILES string of the molecule is CC[C@@H]1C[C@H](N(Cc2cc(C(F)(F)F)cc(C(F)(F)F)c2)c2ccc(-c3cnn(C)c3)cn2)CN1C(=O)O. The minimum Gasteiger partial charge on any atom is -0.465 e. The van der Waals surface area contributed by atoms with E-state index in [0.717, 1.165) is 5.56 Å². The summed E-state index contributed by atoms with van der Waals surface area (Å²) in [5, 5.41) is 13.7. The normalized spacial score (nSPS) is 18.2. The van der Waals surface area contributed by atoms with Crippen LogP contribution in [0.3, 0.4) is 0 Å². The fourth-order valence-corrected chi connectivity index (χ4v) is 4.74.